The summed E-state index contributed by atoms with van der Waals surface area (Å²) >= 11 is 14.8. The van der Waals surface area contributed by atoms with Crippen LogP contribution in [-0.2, 0) is 0 Å². The van der Waals surface area contributed by atoms with Crippen LogP contribution in [0.1, 0.15) is 34.0 Å². The van der Waals surface area contributed by atoms with E-state index < -0.39 is 0 Å². The lowest BCUT2D eigenvalue weighted by Crippen LogP contribution is -2.14. The van der Waals surface area contributed by atoms with E-state index in [1.165, 1.54) is 5.56 Å². The lowest BCUT2D eigenvalue weighted by Gasteiger charge is -2.25. The van der Waals surface area contributed by atoms with Gasteiger partial charge in [-0.2, -0.15) is 30.9 Å². The summed E-state index contributed by atoms with van der Waals surface area (Å²) in [5.74, 6) is 1.21. The number of thiophene rings is 1. The van der Waals surface area contributed by atoms with Gasteiger partial charge in [0.15, 0.2) is 0 Å². The Morgan fingerprint density at radius 3 is 1.76 bits per heavy atom. The van der Waals surface area contributed by atoms with E-state index in [1.54, 1.807) is 20.7 Å². The largest absolute Gasteiger partial charge is 0.420 e. The Kier molecular flexibility index (Phi) is 4.83. The van der Waals surface area contributed by atoms with Crippen LogP contribution in [0.3, 0.4) is 0 Å². The van der Waals surface area contributed by atoms with Gasteiger partial charge in [-0.05, 0) is 60.5 Å². The molecule has 0 N–H and O–H groups in total. The van der Waals surface area contributed by atoms with Gasteiger partial charge in [-0.1, -0.05) is 47.5 Å². The van der Waals surface area contributed by atoms with Crippen LogP contribution in [0.2, 0.25) is 10.0 Å². The molecule has 0 unspecified atom stereocenters. The number of nitrogens with zero attached hydrogens (tertiary/aromatic N) is 4. The van der Waals surface area contributed by atoms with Crippen LogP contribution in [-0.4, -0.2) is 19.6 Å². The van der Waals surface area contributed by atoms with Crippen LogP contribution >= 0.6 is 34.5 Å². The standard InChI is InChI=1S/C25H18Cl2N4OS/c1-14-21-23(16-11-12-33-13-16)22-15(2)29-31(20-10-6-4-8-18(20)27)25(22)32-24(21)30(28-14)19-9-5-3-7-17(19)26/h3-13,23H,1-2H3. The monoisotopic (exact) mass is 492 g/mol. The van der Waals surface area contributed by atoms with Crippen LogP contribution < -0.4 is 4.74 Å². The van der Waals surface area contributed by atoms with E-state index in [9.17, 15) is 0 Å². The van der Waals surface area contributed by atoms with Gasteiger partial charge in [0.2, 0.25) is 11.8 Å². The van der Waals surface area contributed by atoms with E-state index in [4.69, 9.17) is 38.1 Å². The molecule has 3 aromatic heterocycles. The number of para-hydroxylation sites is 2. The summed E-state index contributed by atoms with van der Waals surface area (Å²) < 4.78 is 10.2. The Labute approximate surface area is 204 Å². The highest BCUT2D eigenvalue weighted by molar-refractivity contribution is 7.08. The molecular weight excluding hydrogens is 475 g/mol. The van der Waals surface area contributed by atoms with E-state index in [1.807, 2.05) is 62.4 Å². The second-order valence-corrected chi connectivity index (χ2v) is 9.52. The summed E-state index contributed by atoms with van der Waals surface area (Å²) in [6.07, 6.45) is 0. The fourth-order valence-corrected chi connectivity index (χ4v) is 5.60. The second kappa shape index (κ2) is 7.76. The van der Waals surface area contributed by atoms with Gasteiger partial charge in [-0.3, -0.25) is 0 Å². The summed E-state index contributed by atoms with van der Waals surface area (Å²) in [5, 5.41) is 15.2. The van der Waals surface area contributed by atoms with Gasteiger partial charge in [-0.15, -0.1) is 0 Å². The lowest BCUT2D eigenvalue weighted by molar-refractivity contribution is 0.392. The molecule has 0 radical (unpaired) electrons. The van der Waals surface area contributed by atoms with Crippen molar-refractivity contribution in [3.8, 4) is 23.1 Å². The lowest BCUT2D eigenvalue weighted by atomic mass is 9.85. The van der Waals surface area contributed by atoms with Gasteiger partial charge in [-0.25, -0.2) is 0 Å². The van der Waals surface area contributed by atoms with Crippen molar-refractivity contribution in [2.24, 2.45) is 0 Å². The van der Waals surface area contributed by atoms with Gasteiger partial charge in [0.05, 0.1) is 43.9 Å². The Morgan fingerprint density at radius 2 is 1.30 bits per heavy atom. The zero-order valence-corrected chi connectivity index (χ0v) is 20.1. The Morgan fingerprint density at radius 1 is 0.788 bits per heavy atom. The molecule has 0 atom stereocenters. The summed E-state index contributed by atoms with van der Waals surface area (Å²) in [4.78, 5) is 0. The highest BCUT2D eigenvalue weighted by Gasteiger charge is 2.39. The first kappa shape index (κ1) is 20.5. The fourth-order valence-electron chi connectivity index (χ4n) is 4.48. The third kappa shape index (κ3) is 3.13. The highest BCUT2D eigenvalue weighted by Crippen LogP contribution is 2.51. The quantitative estimate of drug-likeness (QED) is 0.259. The molecule has 4 heterocycles. The van der Waals surface area contributed by atoms with Crippen LogP contribution in [0.15, 0.2) is 65.4 Å². The average molecular weight is 493 g/mol. The number of halogens is 2. The third-order valence-electron chi connectivity index (χ3n) is 5.93. The molecule has 6 rings (SSSR count). The van der Waals surface area contributed by atoms with Gasteiger partial charge in [0.25, 0.3) is 0 Å². The maximum absolute atomic E-state index is 6.62. The van der Waals surface area contributed by atoms with Crippen molar-refractivity contribution >= 4 is 34.5 Å². The third-order valence-corrected chi connectivity index (χ3v) is 7.27. The van der Waals surface area contributed by atoms with E-state index in [-0.39, 0.29) is 5.92 Å². The van der Waals surface area contributed by atoms with Crippen molar-refractivity contribution in [1.82, 2.24) is 19.6 Å². The molecule has 0 spiro atoms. The Balaban J connectivity index is 1.65. The van der Waals surface area contributed by atoms with Gasteiger partial charge >= 0.3 is 0 Å². The topological polar surface area (TPSA) is 44.9 Å². The predicted octanol–water partition coefficient (Wildman–Crippen LogP) is 7.33. The van der Waals surface area contributed by atoms with E-state index in [2.05, 4.69) is 16.8 Å². The summed E-state index contributed by atoms with van der Waals surface area (Å²) in [7, 11) is 0. The SMILES string of the molecule is Cc1nn(-c2ccccc2Cl)c2c1C(c1ccsc1)c1c(C)nn(-c3ccccc3Cl)c1O2. The first-order valence-corrected chi connectivity index (χ1v) is 12.1. The normalized spacial score (nSPS) is 13.0. The zero-order valence-electron chi connectivity index (χ0n) is 17.8. The molecule has 164 valence electrons. The number of rotatable bonds is 3. The summed E-state index contributed by atoms with van der Waals surface area (Å²) in [6, 6.07) is 17.4. The second-order valence-electron chi connectivity index (χ2n) is 7.93. The molecule has 0 bridgehead atoms. The Hall–Kier alpha value is -3.06. The molecule has 33 heavy (non-hydrogen) atoms. The predicted molar refractivity (Wildman–Crippen MR) is 132 cm³/mol. The van der Waals surface area contributed by atoms with Crippen molar-refractivity contribution in [3.63, 3.8) is 0 Å². The molecule has 0 saturated heterocycles. The molecule has 5 nitrogen and oxygen atoms in total. The number of fused-ring (bicyclic) bond motifs is 2. The zero-order chi connectivity index (χ0) is 22.7. The van der Waals surface area contributed by atoms with Crippen molar-refractivity contribution in [2.75, 3.05) is 0 Å². The molecule has 0 fully saturated rings. The molecule has 1 aliphatic rings. The smallest absolute Gasteiger partial charge is 0.229 e. The first-order chi connectivity index (χ1) is 16.0. The van der Waals surface area contributed by atoms with E-state index >= 15 is 0 Å². The molecule has 8 heteroatoms. The minimum absolute atomic E-state index is 0.0672. The van der Waals surface area contributed by atoms with Crippen molar-refractivity contribution in [1.29, 1.82) is 0 Å². The summed E-state index contributed by atoms with van der Waals surface area (Å²) in [6.45, 7) is 4.02. The molecule has 5 aromatic rings. The number of hydrogen-bond donors (Lipinski definition) is 0. The van der Waals surface area contributed by atoms with Crippen LogP contribution in [0.25, 0.3) is 11.4 Å². The van der Waals surface area contributed by atoms with Gasteiger partial charge in [0.1, 0.15) is 0 Å². The summed E-state index contributed by atoms with van der Waals surface area (Å²) in [5.41, 5.74) is 6.50. The molecule has 0 amide bonds. The fraction of sp³-hybridized carbons (Fsp3) is 0.120. The van der Waals surface area contributed by atoms with Gasteiger partial charge < -0.3 is 4.74 Å². The first-order valence-electron chi connectivity index (χ1n) is 10.4. The van der Waals surface area contributed by atoms with Crippen molar-refractivity contribution < 1.29 is 4.74 Å². The molecule has 0 saturated carbocycles. The number of aromatic nitrogens is 4. The van der Waals surface area contributed by atoms with E-state index in [0.29, 0.717) is 21.8 Å². The average Bonchev–Trinajstić information content (AvgIpc) is 3.53. The maximum Gasteiger partial charge on any atom is 0.229 e. The van der Waals surface area contributed by atoms with E-state index in [0.717, 1.165) is 33.9 Å². The van der Waals surface area contributed by atoms with Crippen molar-refractivity contribution in [2.45, 2.75) is 19.8 Å². The van der Waals surface area contributed by atoms with Crippen LogP contribution in [0.4, 0.5) is 0 Å². The number of benzene rings is 2. The minimum Gasteiger partial charge on any atom is -0.420 e. The molecule has 1 aliphatic heterocycles. The number of ether oxygens (including phenoxy) is 1. The number of aryl methyl sites for hydroxylation is 2. The highest BCUT2D eigenvalue weighted by atomic mass is 35.5. The van der Waals surface area contributed by atoms with Crippen LogP contribution in [0, 0.1) is 13.8 Å². The maximum atomic E-state index is 6.62. The number of hydrogen-bond acceptors (Lipinski definition) is 4. The molecule has 2 aromatic carbocycles. The molecule has 0 aliphatic carbocycles. The van der Waals surface area contributed by atoms with Gasteiger partial charge in [0, 0.05) is 5.92 Å². The van der Waals surface area contributed by atoms with Crippen LogP contribution in [0.5, 0.6) is 11.8 Å². The Bertz CT molecular complexity index is 1410. The molecular formula is C25H18Cl2N4OS. The van der Waals surface area contributed by atoms with Crippen molar-refractivity contribution in [3.05, 3.63) is 103 Å². The minimum atomic E-state index is -0.0672.